The minimum Gasteiger partial charge on any atom is -0.315 e. The summed E-state index contributed by atoms with van der Waals surface area (Å²) in [6.45, 7) is 3.69. The molecule has 1 amide bonds. The number of hydrogen-bond acceptors (Lipinski definition) is 5. The lowest BCUT2D eigenvalue weighted by Gasteiger charge is -2.23. The molecule has 0 bridgehead atoms. The normalized spacial score (nSPS) is 12.9. The fourth-order valence-electron chi connectivity index (χ4n) is 3.80. The van der Waals surface area contributed by atoms with E-state index in [1.165, 1.54) is 6.08 Å². The van der Waals surface area contributed by atoms with Gasteiger partial charge in [0.2, 0.25) is 15.9 Å². The second kappa shape index (κ2) is 11.1. The van der Waals surface area contributed by atoms with Gasteiger partial charge in [-0.15, -0.1) is 17.9 Å². The number of nitrogens with zero attached hydrogens (tertiary/aromatic N) is 2. The molecule has 0 radical (unpaired) electrons. The van der Waals surface area contributed by atoms with Crippen LogP contribution in [0.5, 0.6) is 0 Å². The molecule has 0 fully saturated rings. The first kappa shape index (κ1) is 25.6. The number of thiazole rings is 1. The molecule has 1 heterocycles. The van der Waals surface area contributed by atoms with Crippen LogP contribution < -0.4 is 9.62 Å². The van der Waals surface area contributed by atoms with Crippen LogP contribution in [-0.4, -0.2) is 26.4 Å². The van der Waals surface area contributed by atoms with Gasteiger partial charge in [-0.3, -0.25) is 9.52 Å². The van der Waals surface area contributed by atoms with E-state index in [9.17, 15) is 13.2 Å². The number of nitrogens with one attached hydrogen (secondary N) is 1. The van der Waals surface area contributed by atoms with Crippen molar-refractivity contribution in [2.45, 2.75) is 11.2 Å². The van der Waals surface area contributed by atoms with Crippen LogP contribution in [0, 0.1) is 0 Å². The van der Waals surface area contributed by atoms with Crippen molar-refractivity contribution in [3.05, 3.63) is 125 Å². The van der Waals surface area contributed by atoms with Crippen molar-refractivity contribution in [1.82, 2.24) is 4.98 Å². The molecule has 2 atom stereocenters. The molecule has 4 aromatic rings. The molecule has 1 N–H and O–H groups in total. The van der Waals surface area contributed by atoms with Crippen molar-refractivity contribution in [1.29, 1.82) is 0 Å². The molecule has 6 nitrogen and oxygen atoms in total. The largest absolute Gasteiger partial charge is 0.315 e. The number of sulfonamides is 1. The van der Waals surface area contributed by atoms with Gasteiger partial charge >= 0.3 is 0 Å². The zero-order chi connectivity index (χ0) is 25.7. The van der Waals surface area contributed by atoms with Crippen molar-refractivity contribution in [2.24, 2.45) is 0 Å². The smallest absolute Gasteiger partial charge is 0.245 e. The van der Waals surface area contributed by atoms with Crippen LogP contribution >= 0.6 is 22.9 Å². The van der Waals surface area contributed by atoms with Gasteiger partial charge in [-0.05, 0) is 35.4 Å². The number of hydrogen-bond donors (Lipinski definition) is 1. The Morgan fingerprint density at radius 1 is 1.00 bits per heavy atom. The van der Waals surface area contributed by atoms with Crippen LogP contribution in [0.15, 0.2) is 103 Å². The Hall–Kier alpha value is -3.46. The molecule has 0 aliphatic carbocycles. The highest BCUT2D eigenvalue weighted by atomic mass is 35.5. The molecule has 4 rings (SSSR count). The summed E-state index contributed by atoms with van der Waals surface area (Å²) in [4.78, 5) is 19.7. The number of para-hydroxylation sites is 1. The number of carbonyl (C=O) groups excluding carboxylic acids is 1. The predicted octanol–water partition coefficient (Wildman–Crippen LogP) is 6.26. The topological polar surface area (TPSA) is 79.4 Å². The molecular weight excluding hydrogens is 514 g/mol. The standard InChI is InChI=1S/C27H24ClN3O3S2/c1-3-24(19-14-16-21(28)17-15-19)36(33,34)30-27-29-23(18-35-27)25(20-10-6-4-7-11-20)26(32)31(2)22-12-8-5-9-13-22/h3-18,24-25H,1H2,2H3,(H,29,30). The first-order valence-corrected chi connectivity index (χ1v) is 13.8. The lowest BCUT2D eigenvalue weighted by molar-refractivity contribution is -0.119. The molecule has 36 heavy (non-hydrogen) atoms. The number of halogens is 1. The monoisotopic (exact) mass is 537 g/mol. The molecule has 2 unspecified atom stereocenters. The minimum absolute atomic E-state index is 0.168. The average Bonchev–Trinajstić information content (AvgIpc) is 3.33. The van der Waals surface area contributed by atoms with Gasteiger partial charge in [-0.1, -0.05) is 78.3 Å². The third kappa shape index (κ3) is 5.67. The highest BCUT2D eigenvalue weighted by Crippen LogP contribution is 2.33. The quantitative estimate of drug-likeness (QED) is 0.255. The molecule has 0 saturated heterocycles. The first-order valence-electron chi connectivity index (χ1n) is 11.0. The molecule has 0 saturated carbocycles. The van der Waals surface area contributed by atoms with E-state index in [1.54, 1.807) is 41.6 Å². The second-order valence-corrected chi connectivity index (χ2v) is 11.1. The fourth-order valence-corrected chi connectivity index (χ4v) is 6.23. The van der Waals surface area contributed by atoms with E-state index in [1.807, 2.05) is 60.7 Å². The fraction of sp³-hybridized carbons (Fsp3) is 0.111. The predicted molar refractivity (Wildman–Crippen MR) is 147 cm³/mol. The van der Waals surface area contributed by atoms with Crippen molar-refractivity contribution < 1.29 is 13.2 Å². The molecule has 0 aliphatic heterocycles. The van der Waals surface area contributed by atoms with E-state index in [4.69, 9.17) is 11.6 Å². The van der Waals surface area contributed by atoms with E-state index >= 15 is 0 Å². The Balaban J connectivity index is 1.64. The summed E-state index contributed by atoms with van der Waals surface area (Å²) < 4.78 is 28.9. The summed E-state index contributed by atoms with van der Waals surface area (Å²) in [6.07, 6.45) is 1.35. The number of aromatic nitrogens is 1. The molecule has 0 spiro atoms. The Kier molecular flexibility index (Phi) is 7.88. The molecule has 3 aromatic carbocycles. The van der Waals surface area contributed by atoms with Crippen molar-refractivity contribution >= 4 is 49.7 Å². The maximum Gasteiger partial charge on any atom is 0.245 e. The third-order valence-electron chi connectivity index (χ3n) is 5.65. The van der Waals surface area contributed by atoms with Gasteiger partial charge < -0.3 is 4.90 Å². The van der Waals surface area contributed by atoms with Crippen LogP contribution in [0.25, 0.3) is 0 Å². The lowest BCUT2D eigenvalue weighted by atomic mass is 9.95. The summed E-state index contributed by atoms with van der Waals surface area (Å²) >= 11 is 7.07. The number of carbonyl (C=O) groups is 1. The van der Waals surface area contributed by atoms with E-state index < -0.39 is 21.2 Å². The number of benzene rings is 3. The van der Waals surface area contributed by atoms with Crippen LogP contribution in [0.1, 0.15) is 28.0 Å². The molecular formula is C27H24ClN3O3S2. The molecule has 0 aliphatic rings. The van der Waals surface area contributed by atoms with Gasteiger partial charge in [0, 0.05) is 23.1 Å². The maximum atomic E-state index is 13.6. The van der Waals surface area contributed by atoms with Gasteiger partial charge in [-0.2, -0.15) is 0 Å². The second-order valence-electron chi connectivity index (χ2n) is 8.01. The number of anilines is 2. The Labute approximate surface area is 219 Å². The summed E-state index contributed by atoms with van der Waals surface area (Å²) in [5.74, 6) is -0.894. The number of amides is 1. The van der Waals surface area contributed by atoms with Gasteiger partial charge in [-0.25, -0.2) is 13.4 Å². The minimum atomic E-state index is -3.91. The number of likely N-dealkylation sites (N-methyl/N-ethyl adjacent to an activating group) is 1. The third-order valence-corrected chi connectivity index (χ3v) is 8.42. The molecule has 1 aromatic heterocycles. The zero-order valence-corrected chi connectivity index (χ0v) is 21.8. The summed E-state index contributed by atoms with van der Waals surface area (Å²) in [5, 5.41) is 1.38. The number of rotatable bonds is 9. The average molecular weight is 538 g/mol. The van der Waals surface area contributed by atoms with Crippen LogP contribution in [0.2, 0.25) is 5.02 Å². The highest BCUT2D eigenvalue weighted by Gasteiger charge is 2.30. The van der Waals surface area contributed by atoms with Crippen LogP contribution in [0.3, 0.4) is 0 Å². The Morgan fingerprint density at radius 2 is 1.61 bits per heavy atom. The van der Waals surface area contributed by atoms with E-state index in [2.05, 4.69) is 16.3 Å². The SMILES string of the molecule is C=CC(c1ccc(Cl)cc1)S(=O)(=O)Nc1nc(C(C(=O)N(C)c2ccccc2)c2ccccc2)cs1. The van der Waals surface area contributed by atoms with Crippen molar-refractivity contribution in [3.8, 4) is 0 Å². The van der Waals surface area contributed by atoms with Crippen LogP contribution in [-0.2, 0) is 14.8 Å². The van der Waals surface area contributed by atoms with E-state index in [-0.39, 0.29) is 11.0 Å². The lowest BCUT2D eigenvalue weighted by Crippen LogP contribution is -2.32. The molecule has 9 heteroatoms. The highest BCUT2D eigenvalue weighted by molar-refractivity contribution is 7.93. The maximum absolute atomic E-state index is 13.6. The van der Waals surface area contributed by atoms with Crippen LogP contribution in [0.4, 0.5) is 10.8 Å². The van der Waals surface area contributed by atoms with Crippen molar-refractivity contribution in [2.75, 3.05) is 16.7 Å². The Morgan fingerprint density at radius 3 is 2.22 bits per heavy atom. The summed E-state index contributed by atoms with van der Waals surface area (Å²) in [5.41, 5.74) is 2.49. The van der Waals surface area contributed by atoms with Gasteiger partial charge in [0.25, 0.3) is 0 Å². The van der Waals surface area contributed by atoms with Gasteiger partial charge in [0.15, 0.2) is 5.13 Å². The van der Waals surface area contributed by atoms with E-state index in [0.717, 1.165) is 22.6 Å². The Bertz CT molecular complexity index is 1440. The van der Waals surface area contributed by atoms with E-state index in [0.29, 0.717) is 16.3 Å². The molecule has 184 valence electrons. The summed E-state index contributed by atoms with van der Waals surface area (Å²) in [6, 6.07) is 25.2. The zero-order valence-electron chi connectivity index (χ0n) is 19.4. The summed E-state index contributed by atoms with van der Waals surface area (Å²) in [7, 11) is -2.19. The first-order chi connectivity index (χ1) is 17.3. The van der Waals surface area contributed by atoms with Gasteiger partial charge in [0.05, 0.1) is 5.69 Å². The van der Waals surface area contributed by atoms with Gasteiger partial charge in [0.1, 0.15) is 11.2 Å². The van der Waals surface area contributed by atoms with Crippen molar-refractivity contribution in [3.63, 3.8) is 0 Å².